The van der Waals surface area contributed by atoms with Crippen molar-refractivity contribution >= 4 is 62.9 Å². The minimum atomic E-state index is -0.867. The van der Waals surface area contributed by atoms with E-state index < -0.39 is 22.7 Å². The van der Waals surface area contributed by atoms with Crippen LogP contribution >= 0.6 is 0 Å². The van der Waals surface area contributed by atoms with E-state index in [2.05, 4.69) is 5.32 Å². The van der Waals surface area contributed by atoms with Gasteiger partial charge in [0, 0.05) is 30.1 Å². The van der Waals surface area contributed by atoms with Crippen LogP contribution in [0.1, 0.15) is 39.9 Å². The maximum absolute atomic E-state index is 13.1. The molecule has 2 aromatic rings. The van der Waals surface area contributed by atoms with E-state index in [1.54, 1.807) is 12.1 Å². The molecule has 0 saturated carbocycles. The molecule has 4 amide bonds. The molecule has 5 rings (SSSR count). The van der Waals surface area contributed by atoms with E-state index in [4.69, 9.17) is 9.47 Å². The fraction of sp³-hybridized carbons (Fsp3) is 0.360. The average molecular weight is 523 g/mol. The summed E-state index contributed by atoms with van der Waals surface area (Å²) >= 11 is 0. The van der Waals surface area contributed by atoms with Crippen LogP contribution in [0.15, 0.2) is 42.5 Å². The standard InChI is InChI=1S/C25H30B5N3O6/c26-22-24(27,28)33(23(37)25(29,30)39-22)10-13-4-6-14(7-5-13)12-38-18-3-1-2-15-16(18)11-32(21(15)36)17-8-9-19(34)31-20(17)35/h1-7,17,22H,8-12,26-30H2,(H,31,34,35). The van der Waals surface area contributed by atoms with E-state index in [9.17, 15) is 19.2 Å². The highest BCUT2D eigenvalue weighted by Crippen LogP contribution is 2.34. The summed E-state index contributed by atoms with van der Waals surface area (Å²) in [4.78, 5) is 53.5. The van der Waals surface area contributed by atoms with Crippen LogP contribution in [0.2, 0.25) is 0 Å². The van der Waals surface area contributed by atoms with Crippen molar-refractivity contribution in [3.63, 3.8) is 0 Å². The summed E-state index contributed by atoms with van der Waals surface area (Å²) in [5.41, 5.74) is 3.22. The quantitative estimate of drug-likeness (QED) is 0.308. The molecule has 3 heterocycles. The van der Waals surface area contributed by atoms with Crippen molar-refractivity contribution in [3.8, 4) is 5.75 Å². The molecule has 3 aliphatic heterocycles. The van der Waals surface area contributed by atoms with Gasteiger partial charge in [-0.25, -0.2) is 0 Å². The van der Waals surface area contributed by atoms with Crippen molar-refractivity contribution in [2.45, 2.75) is 55.3 Å². The van der Waals surface area contributed by atoms with Crippen LogP contribution in [0, 0.1) is 0 Å². The van der Waals surface area contributed by atoms with Crippen LogP contribution in [0.5, 0.6) is 5.75 Å². The van der Waals surface area contributed by atoms with Crippen molar-refractivity contribution in [1.82, 2.24) is 15.1 Å². The third-order valence-corrected chi connectivity index (χ3v) is 8.22. The third kappa shape index (κ3) is 5.02. The second-order valence-electron chi connectivity index (χ2n) is 11.6. The Kier molecular flexibility index (Phi) is 6.95. The average Bonchev–Trinajstić information content (AvgIpc) is 3.22. The molecule has 0 spiro atoms. The highest BCUT2D eigenvalue weighted by molar-refractivity contribution is 6.53. The van der Waals surface area contributed by atoms with Crippen molar-refractivity contribution in [3.05, 3.63) is 64.7 Å². The van der Waals surface area contributed by atoms with E-state index in [0.29, 0.717) is 30.9 Å². The Labute approximate surface area is 232 Å². The Morgan fingerprint density at radius 3 is 2.38 bits per heavy atom. The van der Waals surface area contributed by atoms with E-state index in [1.807, 2.05) is 74.5 Å². The molecule has 9 nitrogen and oxygen atoms in total. The van der Waals surface area contributed by atoms with Crippen molar-refractivity contribution in [2.24, 2.45) is 0 Å². The van der Waals surface area contributed by atoms with Gasteiger partial charge >= 0.3 is 0 Å². The number of benzene rings is 2. The van der Waals surface area contributed by atoms with E-state index in [1.165, 1.54) is 4.90 Å². The van der Waals surface area contributed by atoms with E-state index >= 15 is 0 Å². The summed E-state index contributed by atoms with van der Waals surface area (Å²) in [6, 6.07) is 12.5. The predicted molar refractivity (Wildman–Crippen MR) is 157 cm³/mol. The van der Waals surface area contributed by atoms with Crippen LogP contribution in [0.3, 0.4) is 0 Å². The molecule has 2 unspecified atom stereocenters. The molecule has 0 bridgehead atoms. The number of nitrogens with zero attached hydrogens (tertiary/aromatic N) is 2. The van der Waals surface area contributed by atoms with Gasteiger partial charge in [-0.3, -0.25) is 24.5 Å². The summed E-state index contributed by atoms with van der Waals surface area (Å²) in [5.74, 6) is -0.412. The highest BCUT2D eigenvalue weighted by atomic mass is 16.5. The molecule has 2 saturated heterocycles. The van der Waals surface area contributed by atoms with Gasteiger partial charge in [0.15, 0.2) is 0 Å². The largest absolute Gasteiger partial charge is 0.489 e. The molecular weight excluding hydrogens is 492 g/mol. The molecule has 1 N–H and O–H groups in total. The molecule has 14 heteroatoms. The van der Waals surface area contributed by atoms with Gasteiger partial charge in [0.1, 0.15) is 57.6 Å². The molecule has 0 aliphatic carbocycles. The molecule has 0 aromatic heterocycles. The van der Waals surface area contributed by atoms with Crippen LogP contribution in [0.4, 0.5) is 0 Å². The molecule has 2 fully saturated rings. The minimum Gasteiger partial charge on any atom is -0.489 e. The number of fused-ring (bicyclic) bond motifs is 1. The fourth-order valence-corrected chi connectivity index (χ4v) is 5.50. The maximum atomic E-state index is 13.1. The first kappa shape index (κ1) is 27.2. The lowest BCUT2D eigenvalue weighted by atomic mass is 9.49. The number of imide groups is 1. The normalized spacial score (nSPS) is 23.9. The fourth-order valence-electron chi connectivity index (χ4n) is 5.50. The zero-order valence-corrected chi connectivity index (χ0v) is 23.1. The number of amides is 4. The number of hydrogen-bond acceptors (Lipinski definition) is 6. The van der Waals surface area contributed by atoms with Gasteiger partial charge in [-0.15, -0.1) is 0 Å². The molecular formula is C25H30B5N3O6. The zero-order chi connectivity index (χ0) is 28.1. The number of rotatable bonds is 6. The second kappa shape index (κ2) is 9.97. The van der Waals surface area contributed by atoms with E-state index in [-0.39, 0.29) is 36.7 Å². The Morgan fingerprint density at radius 1 is 1.00 bits per heavy atom. The van der Waals surface area contributed by atoms with Crippen LogP contribution in [0.25, 0.3) is 0 Å². The first-order valence-corrected chi connectivity index (χ1v) is 13.4. The topological polar surface area (TPSA) is 105 Å². The van der Waals surface area contributed by atoms with Gasteiger partial charge < -0.3 is 19.3 Å². The minimum absolute atomic E-state index is 0.0307. The third-order valence-electron chi connectivity index (χ3n) is 8.22. The zero-order valence-electron chi connectivity index (χ0n) is 23.1. The number of morpholine rings is 1. The van der Waals surface area contributed by atoms with Crippen LogP contribution in [-0.2, 0) is 38.8 Å². The highest BCUT2D eigenvalue weighted by Gasteiger charge is 2.48. The van der Waals surface area contributed by atoms with Gasteiger partial charge in [-0.1, -0.05) is 30.3 Å². The molecule has 39 heavy (non-hydrogen) atoms. The summed E-state index contributed by atoms with van der Waals surface area (Å²) in [5, 5.41) is 1.02. The van der Waals surface area contributed by atoms with Crippen molar-refractivity contribution in [1.29, 1.82) is 0 Å². The second-order valence-corrected chi connectivity index (χ2v) is 11.6. The Bertz CT molecular complexity index is 1350. The number of carbonyl (C=O) groups excluding carboxylic acids is 4. The number of nitrogens with one attached hydrogen (secondary N) is 1. The molecule has 0 radical (unpaired) electrons. The molecule has 3 aliphatic rings. The Balaban J connectivity index is 1.25. The predicted octanol–water partition coefficient (Wildman–Crippen LogP) is -3.82. The number of ether oxygens (including phenoxy) is 2. The van der Waals surface area contributed by atoms with Crippen molar-refractivity contribution in [2.75, 3.05) is 0 Å². The number of carbonyl (C=O) groups is 4. The number of piperidine rings is 1. The van der Waals surface area contributed by atoms with Crippen molar-refractivity contribution < 1.29 is 28.7 Å². The summed E-state index contributed by atoms with van der Waals surface area (Å²) in [7, 11) is 9.67. The van der Waals surface area contributed by atoms with Crippen LogP contribution < -0.4 is 10.1 Å². The molecule has 2 atom stereocenters. The van der Waals surface area contributed by atoms with Gasteiger partial charge in [-0.05, 0) is 35.0 Å². The van der Waals surface area contributed by atoms with Gasteiger partial charge in [0.05, 0.1) is 11.9 Å². The Morgan fingerprint density at radius 2 is 1.69 bits per heavy atom. The maximum Gasteiger partial charge on any atom is 0.255 e. The number of hydrogen-bond donors (Lipinski definition) is 1. The summed E-state index contributed by atoms with van der Waals surface area (Å²) in [6.07, 6.45) is 0.528. The van der Waals surface area contributed by atoms with Gasteiger partial charge in [0.25, 0.3) is 5.91 Å². The SMILES string of the molecule is BC1OC(B)(B)C(=O)N(Cc2ccc(COc3cccc4c3CN(C3CCC(=O)NC3=O)C4=O)cc2)C1(B)B. The smallest absolute Gasteiger partial charge is 0.255 e. The van der Waals surface area contributed by atoms with Gasteiger partial charge in [0.2, 0.25) is 17.7 Å². The summed E-state index contributed by atoms with van der Waals surface area (Å²) < 4.78 is 12.1. The van der Waals surface area contributed by atoms with E-state index in [0.717, 1.165) is 16.7 Å². The Hall–Kier alpha value is -3.40. The first-order chi connectivity index (χ1) is 18.4. The van der Waals surface area contributed by atoms with Crippen LogP contribution in [-0.4, -0.2) is 95.4 Å². The lowest BCUT2D eigenvalue weighted by molar-refractivity contribution is -0.159. The van der Waals surface area contributed by atoms with Gasteiger partial charge in [-0.2, -0.15) is 0 Å². The monoisotopic (exact) mass is 523 g/mol. The molecule has 2 aromatic carbocycles. The lowest BCUT2D eigenvalue weighted by Gasteiger charge is -2.53. The summed E-state index contributed by atoms with van der Waals surface area (Å²) in [6.45, 7) is 1.04. The first-order valence-electron chi connectivity index (χ1n) is 13.4. The molecule has 196 valence electrons. The lowest BCUT2D eigenvalue weighted by Crippen LogP contribution is -2.72.